The number of pyridine rings is 1. The summed E-state index contributed by atoms with van der Waals surface area (Å²) in [4.78, 5) is 23.6. The van der Waals surface area contributed by atoms with E-state index in [-0.39, 0.29) is 18.0 Å². The zero-order valence-electron chi connectivity index (χ0n) is 17.9. The standard InChI is InChI=1S/C23H21BrF3N5O2/c24-14-1-3-18-16(11-14)21-19(13-28-18)29-22(34)32(21)15-2-4-20(17(12-15)23(25,26)27)31-7-5-30(6-8-31)9-10-33/h1-4,11-13,33H,5-10H2,(H,29,34). The van der Waals surface area contributed by atoms with E-state index in [0.29, 0.717) is 54.7 Å². The van der Waals surface area contributed by atoms with Gasteiger partial charge in [0.15, 0.2) is 0 Å². The molecule has 0 atom stereocenters. The molecular formula is C23H21BrF3N5O2. The van der Waals surface area contributed by atoms with Crippen molar-refractivity contribution in [2.24, 2.45) is 0 Å². The lowest BCUT2D eigenvalue weighted by Gasteiger charge is -2.37. The van der Waals surface area contributed by atoms with Crippen LogP contribution in [-0.4, -0.2) is 63.9 Å². The lowest BCUT2D eigenvalue weighted by Crippen LogP contribution is -2.47. The number of halogens is 4. The van der Waals surface area contributed by atoms with Crippen molar-refractivity contribution < 1.29 is 18.3 Å². The fraction of sp³-hybridized carbons (Fsp3) is 0.304. The minimum absolute atomic E-state index is 0.0165. The predicted molar refractivity (Wildman–Crippen MR) is 128 cm³/mol. The van der Waals surface area contributed by atoms with Crippen LogP contribution in [0.4, 0.5) is 18.9 Å². The normalized spacial score (nSPS) is 15.5. The van der Waals surface area contributed by atoms with Crippen molar-refractivity contribution in [3.05, 3.63) is 63.1 Å². The van der Waals surface area contributed by atoms with Gasteiger partial charge in [0.25, 0.3) is 0 Å². The number of anilines is 1. The Morgan fingerprint density at radius 3 is 2.56 bits per heavy atom. The molecule has 4 aromatic rings. The van der Waals surface area contributed by atoms with E-state index >= 15 is 0 Å². The number of aromatic nitrogens is 3. The molecule has 7 nitrogen and oxygen atoms in total. The molecule has 2 aromatic carbocycles. The second kappa shape index (κ2) is 8.71. The third-order valence-corrected chi connectivity index (χ3v) is 6.64. The lowest BCUT2D eigenvalue weighted by molar-refractivity contribution is -0.137. The van der Waals surface area contributed by atoms with E-state index in [2.05, 4.69) is 25.9 Å². The molecule has 2 aromatic heterocycles. The maximum Gasteiger partial charge on any atom is 0.418 e. The zero-order chi connectivity index (χ0) is 24.0. The first-order chi connectivity index (χ1) is 16.3. The summed E-state index contributed by atoms with van der Waals surface area (Å²) in [6.45, 7) is 2.48. The first kappa shape index (κ1) is 22.9. The quantitative estimate of drug-likeness (QED) is 0.416. The van der Waals surface area contributed by atoms with Crippen LogP contribution in [0.1, 0.15) is 5.56 Å². The van der Waals surface area contributed by atoms with E-state index in [1.807, 2.05) is 11.0 Å². The number of fused-ring (bicyclic) bond motifs is 3. The summed E-state index contributed by atoms with van der Waals surface area (Å²) >= 11 is 3.41. The van der Waals surface area contributed by atoms with Crippen molar-refractivity contribution in [2.75, 3.05) is 44.2 Å². The first-order valence-electron chi connectivity index (χ1n) is 10.7. The van der Waals surface area contributed by atoms with E-state index in [9.17, 15) is 18.0 Å². The van der Waals surface area contributed by atoms with Crippen molar-refractivity contribution in [1.82, 2.24) is 19.4 Å². The molecule has 1 fully saturated rings. The smallest absolute Gasteiger partial charge is 0.395 e. The van der Waals surface area contributed by atoms with Crippen LogP contribution in [-0.2, 0) is 6.18 Å². The molecule has 1 aliphatic heterocycles. The molecule has 0 spiro atoms. The molecule has 1 aliphatic rings. The molecule has 0 radical (unpaired) electrons. The van der Waals surface area contributed by atoms with Gasteiger partial charge in [-0.2, -0.15) is 13.2 Å². The highest BCUT2D eigenvalue weighted by Crippen LogP contribution is 2.39. The number of nitrogens with zero attached hydrogens (tertiary/aromatic N) is 4. The highest BCUT2D eigenvalue weighted by atomic mass is 79.9. The van der Waals surface area contributed by atoms with Crippen molar-refractivity contribution in [1.29, 1.82) is 0 Å². The molecule has 0 bridgehead atoms. The Bertz CT molecular complexity index is 1420. The Labute approximate surface area is 200 Å². The lowest BCUT2D eigenvalue weighted by atomic mass is 10.1. The van der Waals surface area contributed by atoms with Crippen LogP contribution in [0.15, 0.2) is 51.9 Å². The number of aliphatic hydroxyl groups is 1. The van der Waals surface area contributed by atoms with Crippen LogP contribution in [0.2, 0.25) is 0 Å². The molecule has 0 amide bonds. The van der Waals surface area contributed by atoms with Crippen molar-refractivity contribution >= 4 is 43.6 Å². The van der Waals surface area contributed by atoms with Gasteiger partial charge in [-0.05, 0) is 36.4 Å². The molecule has 0 unspecified atom stereocenters. The van der Waals surface area contributed by atoms with Crippen LogP contribution < -0.4 is 10.6 Å². The van der Waals surface area contributed by atoms with Gasteiger partial charge in [0, 0.05) is 48.3 Å². The van der Waals surface area contributed by atoms with Crippen LogP contribution in [0, 0.1) is 0 Å². The Hall–Kier alpha value is -2.89. The number of nitrogens with one attached hydrogen (secondary N) is 1. The monoisotopic (exact) mass is 535 g/mol. The molecule has 2 N–H and O–H groups in total. The van der Waals surface area contributed by atoms with Gasteiger partial charge in [-0.3, -0.25) is 14.5 Å². The number of H-pyrrole nitrogens is 1. The van der Waals surface area contributed by atoms with Gasteiger partial charge in [-0.15, -0.1) is 0 Å². The zero-order valence-corrected chi connectivity index (χ0v) is 19.5. The Kier molecular flexibility index (Phi) is 5.86. The molecule has 178 valence electrons. The molecule has 11 heteroatoms. The van der Waals surface area contributed by atoms with E-state index in [1.165, 1.54) is 16.8 Å². The molecule has 3 heterocycles. The molecule has 34 heavy (non-hydrogen) atoms. The topological polar surface area (TPSA) is 77.4 Å². The number of aromatic amines is 1. The number of hydrogen-bond donors (Lipinski definition) is 2. The number of rotatable bonds is 4. The molecule has 5 rings (SSSR count). The van der Waals surface area contributed by atoms with Crippen LogP contribution in [0.3, 0.4) is 0 Å². The van der Waals surface area contributed by atoms with Crippen LogP contribution in [0.25, 0.3) is 27.6 Å². The summed E-state index contributed by atoms with van der Waals surface area (Å²) in [6, 6.07) is 9.40. The van der Waals surface area contributed by atoms with Gasteiger partial charge in [-0.1, -0.05) is 15.9 Å². The van der Waals surface area contributed by atoms with Crippen molar-refractivity contribution in [2.45, 2.75) is 6.18 Å². The minimum atomic E-state index is -4.60. The molecular weight excluding hydrogens is 515 g/mol. The number of aliphatic hydroxyl groups excluding tert-OH is 1. The summed E-state index contributed by atoms with van der Waals surface area (Å²) in [5, 5.41) is 9.75. The number of imidazole rings is 1. The van der Waals surface area contributed by atoms with Crippen molar-refractivity contribution in [3.8, 4) is 5.69 Å². The van der Waals surface area contributed by atoms with Gasteiger partial charge in [0.05, 0.1) is 40.6 Å². The third-order valence-electron chi connectivity index (χ3n) is 6.14. The fourth-order valence-corrected chi connectivity index (χ4v) is 4.88. The average molecular weight is 536 g/mol. The minimum Gasteiger partial charge on any atom is -0.395 e. The second-order valence-corrected chi connectivity index (χ2v) is 9.11. The number of alkyl halides is 3. The largest absolute Gasteiger partial charge is 0.418 e. The predicted octanol–water partition coefficient (Wildman–Crippen LogP) is 3.76. The van der Waals surface area contributed by atoms with Gasteiger partial charge in [0.2, 0.25) is 0 Å². The third kappa shape index (κ3) is 4.08. The molecule has 0 aliphatic carbocycles. The van der Waals surface area contributed by atoms with Gasteiger partial charge < -0.3 is 15.0 Å². The summed E-state index contributed by atoms with van der Waals surface area (Å²) in [5.41, 5.74) is 0.407. The maximum absolute atomic E-state index is 14.2. The van der Waals surface area contributed by atoms with Gasteiger partial charge in [0.1, 0.15) is 0 Å². The highest BCUT2D eigenvalue weighted by Gasteiger charge is 2.36. The SMILES string of the molecule is O=c1[nH]c2cnc3ccc(Br)cc3c2n1-c1ccc(N2CCN(CCO)CC2)c(C(F)(F)F)c1. The second-order valence-electron chi connectivity index (χ2n) is 8.20. The number of benzene rings is 2. The molecule has 0 saturated carbocycles. The number of β-amino-alcohol motifs (C(OH)–C–C–N with tert-alkyl or cyclic N) is 1. The Balaban J connectivity index is 1.64. The van der Waals surface area contributed by atoms with E-state index in [4.69, 9.17) is 5.11 Å². The average Bonchev–Trinajstić information content (AvgIpc) is 3.15. The summed E-state index contributed by atoms with van der Waals surface area (Å²) in [7, 11) is 0. The number of piperazine rings is 1. The van der Waals surface area contributed by atoms with E-state index < -0.39 is 17.4 Å². The van der Waals surface area contributed by atoms with Gasteiger partial charge in [-0.25, -0.2) is 4.79 Å². The van der Waals surface area contributed by atoms with Crippen molar-refractivity contribution in [3.63, 3.8) is 0 Å². The summed E-state index contributed by atoms with van der Waals surface area (Å²) in [6.07, 6.45) is -3.09. The Morgan fingerprint density at radius 1 is 1.09 bits per heavy atom. The van der Waals surface area contributed by atoms with Crippen LogP contribution in [0.5, 0.6) is 0 Å². The fourth-order valence-electron chi connectivity index (χ4n) is 4.52. The Morgan fingerprint density at radius 2 is 1.85 bits per heavy atom. The summed E-state index contributed by atoms with van der Waals surface area (Å²) < 4.78 is 44.5. The first-order valence-corrected chi connectivity index (χ1v) is 11.5. The van der Waals surface area contributed by atoms with Gasteiger partial charge >= 0.3 is 11.9 Å². The summed E-state index contributed by atoms with van der Waals surface area (Å²) in [5.74, 6) is 0. The highest BCUT2D eigenvalue weighted by molar-refractivity contribution is 9.10. The van der Waals surface area contributed by atoms with E-state index in [0.717, 1.165) is 10.5 Å². The van der Waals surface area contributed by atoms with E-state index in [1.54, 1.807) is 23.1 Å². The van der Waals surface area contributed by atoms with Crippen LogP contribution >= 0.6 is 15.9 Å². The maximum atomic E-state index is 14.2. The molecule has 1 saturated heterocycles. The number of hydrogen-bond acceptors (Lipinski definition) is 5.